The van der Waals surface area contributed by atoms with Gasteiger partial charge in [-0.2, -0.15) is 0 Å². The Bertz CT molecular complexity index is 2690. The van der Waals surface area contributed by atoms with Gasteiger partial charge in [0.25, 0.3) is 0 Å². The van der Waals surface area contributed by atoms with Crippen molar-refractivity contribution in [2.45, 2.75) is 37.9 Å². The molecule has 2 aliphatic rings. The topological polar surface area (TPSA) is 379 Å². The van der Waals surface area contributed by atoms with E-state index in [1.807, 2.05) is 0 Å². The van der Waals surface area contributed by atoms with Crippen LogP contribution in [0, 0.1) is 12.3 Å². The van der Waals surface area contributed by atoms with Crippen LogP contribution in [0.1, 0.15) is 30.9 Å². The monoisotopic (exact) mass is 1190 g/mol. The van der Waals surface area contributed by atoms with E-state index in [1.54, 1.807) is 24.3 Å². The van der Waals surface area contributed by atoms with E-state index in [2.05, 4.69) is 11.2 Å². The van der Waals surface area contributed by atoms with E-state index < -0.39 is 162 Å². The van der Waals surface area contributed by atoms with Crippen LogP contribution in [0.2, 0.25) is 0 Å². The molecule has 1 unspecified atom stereocenters. The van der Waals surface area contributed by atoms with Gasteiger partial charge in [-0.1, -0.05) is 30.2 Å². The van der Waals surface area contributed by atoms with Crippen LogP contribution < -0.4 is 16.8 Å². The largest absolute Gasteiger partial charge is 0.508 e. The number of carbonyl (C=O) groups is 12. The summed E-state index contributed by atoms with van der Waals surface area (Å²) in [5.41, 5.74) is 13.1. The standard InChI is InChI=1S/C55H76N12O16S/c1-3-17-59-32-49(77)60(18-12-40-4-8-42(71)9-5-40)33-51(79)63(22-16-57)36-53(81)65(24-27-69)38-54(82)66(31-45(73)58-30-39(2)70)25-28-84-44-29-47(75)67(55(44)83)20-14-46(74)62(21-15-56)35-50(78)61(19-13-41-6-10-43(72)11-7-41)34-52(80)64(23-26-68)37-48(59)76/h1,4-11,44,68-69,71-72H,12-38,56-57H2,2H3,(H,58,73). The van der Waals surface area contributed by atoms with Gasteiger partial charge in [-0.25, -0.2) is 0 Å². The maximum Gasteiger partial charge on any atom is 0.243 e. The Morgan fingerprint density at radius 3 is 1.37 bits per heavy atom. The molecule has 0 aliphatic carbocycles. The number of aliphatic hydroxyl groups excluding tert-OH is 2. The van der Waals surface area contributed by atoms with Crippen molar-refractivity contribution in [3.05, 3.63) is 59.7 Å². The molecule has 2 aromatic carbocycles. The molecule has 2 fully saturated rings. The lowest BCUT2D eigenvalue weighted by atomic mass is 10.1. The highest BCUT2D eigenvalue weighted by atomic mass is 32.2. The van der Waals surface area contributed by atoms with Crippen LogP contribution in [-0.2, 0) is 70.4 Å². The number of nitrogens with one attached hydrogen (secondary N) is 1. The highest BCUT2D eigenvalue weighted by Crippen LogP contribution is 2.26. The van der Waals surface area contributed by atoms with Crippen molar-refractivity contribution in [1.82, 2.24) is 49.4 Å². The SMILES string of the molecule is C#CCN1CC(=O)N(CCc2ccc(O)cc2)CC(=O)N(CCN)CC(=O)N(CCO)CC(=O)N(CC(=O)NCC(C)=O)CCSC2CC(=O)N(CCC(=O)N(CCN)CC(=O)N(CCc3ccc(O)cc3)CC(=O)N(CCO)CC1=O)C2=O. The molecule has 2 saturated heterocycles. The molecule has 84 heavy (non-hydrogen) atoms. The summed E-state index contributed by atoms with van der Waals surface area (Å²) in [6.07, 6.45) is 5.21. The van der Waals surface area contributed by atoms with E-state index in [9.17, 15) is 78.0 Å². The second kappa shape index (κ2) is 35.1. The number of phenols is 2. The van der Waals surface area contributed by atoms with Crippen molar-refractivity contribution < 1.29 is 78.0 Å². The van der Waals surface area contributed by atoms with Crippen molar-refractivity contribution in [1.29, 1.82) is 0 Å². The first kappa shape index (κ1) is 68.3. The van der Waals surface area contributed by atoms with Gasteiger partial charge in [0.1, 0.15) is 23.8 Å². The first-order chi connectivity index (χ1) is 40.1. The van der Waals surface area contributed by atoms with Crippen LogP contribution >= 0.6 is 11.8 Å². The fourth-order valence-corrected chi connectivity index (χ4v) is 9.92. The van der Waals surface area contributed by atoms with Gasteiger partial charge in [-0.05, 0) is 55.2 Å². The molecule has 0 radical (unpaired) electrons. The van der Waals surface area contributed by atoms with E-state index in [1.165, 1.54) is 31.2 Å². The quantitative estimate of drug-likeness (QED) is 0.0512. The third kappa shape index (κ3) is 22.2. The Morgan fingerprint density at radius 2 is 0.952 bits per heavy atom. The molecule has 11 amide bonds. The van der Waals surface area contributed by atoms with E-state index >= 15 is 0 Å². The minimum Gasteiger partial charge on any atom is -0.508 e. The average Bonchev–Trinajstić information content (AvgIpc) is 4.01. The fraction of sp³-hybridized carbons (Fsp3) is 0.527. The molecule has 2 bridgehead atoms. The third-order valence-corrected chi connectivity index (χ3v) is 14.6. The number of thioether (sulfide) groups is 1. The van der Waals surface area contributed by atoms with E-state index in [-0.39, 0.29) is 101 Å². The van der Waals surface area contributed by atoms with E-state index in [0.29, 0.717) is 11.1 Å². The first-order valence-corrected chi connectivity index (χ1v) is 28.2. The minimum atomic E-state index is -0.985. The zero-order valence-corrected chi connectivity index (χ0v) is 48.0. The number of imide groups is 1. The summed E-state index contributed by atoms with van der Waals surface area (Å²) in [5.74, 6) is -6.66. The number of benzene rings is 2. The molecular formula is C55H76N12O16S. The number of Topliss-reactive ketones (excluding diaryl/α,β-unsaturated/α-hetero) is 1. The Balaban J connectivity index is 1.76. The molecule has 29 heteroatoms. The summed E-state index contributed by atoms with van der Waals surface area (Å²) in [5, 5.41) is 41.4. The number of aliphatic hydroxyl groups is 2. The number of ketones is 1. The number of nitrogens with zero attached hydrogens (tertiary/aromatic N) is 9. The lowest BCUT2D eigenvalue weighted by molar-refractivity contribution is -0.148. The molecule has 1 atom stereocenters. The van der Waals surface area contributed by atoms with Gasteiger partial charge < -0.3 is 76.4 Å². The summed E-state index contributed by atoms with van der Waals surface area (Å²) >= 11 is 0.980. The van der Waals surface area contributed by atoms with Crippen molar-refractivity contribution in [2.24, 2.45) is 11.5 Å². The van der Waals surface area contributed by atoms with Gasteiger partial charge in [0.2, 0.25) is 65.0 Å². The second-order valence-corrected chi connectivity index (χ2v) is 21.0. The Labute approximate surface area is 490 Å². The van der Waals surface area contributed by atoms with Crippen LogP contribution in [-0.4, -0.2) is 290 Å². The predicted octanol–water partition coefficient (Wildman–Crippen LogP) is -4.98. The molecule has 0 saturated carbocycles. The van der Waals surface area contributed by atoms with Gasteiger partial charge in [0, 0.05) is 84.0 Å². The van der Waals surface area contributed by atoms with Crippen LogP contribution in [0.25, 0.3) is 0 Å². The molecule has 458 valence electrons. The number of phenolic OH excluding ortho intramolecular Hbond substituents is 2. The van der Waals surface area contributed by atoms with Crippen LogP contribution in [0.15, 0.2) is 48.5 Å². The van der Waals surface area contributed by atoms with Gasteiger partial charge in [-0.3, -0.25) is 62.4 Å². The molecular weight excluding hydrogens is 1120 g/mol. The highest BCUT2D eigenvalue weighted by Gasteiger charge is 2.40. The number of nitrogens with two attached hydrogens (primary N) is 2. The van der Waals surface area contributed by atoms with Gasteiger partial charge in [0.05, 0.1) is 77.4 Å². The number of hydrogen-bond donors (Lipinski definition) is 7. The lowest BCUT2D eigenvalue weighted by Gasteiger charge is -2.32. The van der Waals surface area contributed by atoms with Crippen molar-refractivity contribution in [3.8, 4) is 23.8 Å². The molecule has 28 nitrogen and oxygen atoms in total. The summed E-state index contributed by atoms with van der Waals surface area (Å²) in [6, 6.07) is 12.0. The maximum atomic E-state index is 14.4. The van der Waals surface area contributed by atoms with Crippen LogP contribution in [0.4, 0.5) is 0 Å². The Hall–Kier alpha value is -8.17. The number of fused-ring (bicyclic) bond motifs is 2. The lowest BCUT2D eigenvalue weighted by Crippen LogP contribution is -2.53. The highest BCUT2D eigenvalue weighted by molar-refractivity contribution is 8.00. The molecule has 2 aromatic rings. The first-order valence-electron chi connectivity index (χ1n) is 27.2. The average molecular weight is 1190 g/mol. The number of rotatable bonds is 19. The molecule has 2 aliphatic heterocycles. The normalized spacial score (nSPS) is 18.0. The number of carbonyl (C=O) groups excluding carboxylic acids is 12. The number of amides is 11. The van der Waals surface area contributed by atoms with Crippen molar-refractivity contribution >= 4 is 82.5 Å². The number of β-amino-alcohol motifs (C(OH)–C–C–N with tert-alkyl or cyclic N) is 2. The third-order valence-electron chi connectivity index (χ3n) is 13.4. The molecule has 4 rings (SSSR count). The summed E-state index contributed by atoms with van der Waals surface area (Å²) in [7, 11) is 0. The maximum absolute atomic E-state index is 14.4. The molecule has 0 spiro atoms. The zero-order valence-electron chi connectivity index (χ0n) is 47.1. The Kier molecular flexibility index (Phi) is 28.5. The van der Waals surface area contributed by atoms with E-state index in [4.69, 9.17) is 17.9 Å². The van der Waals surface area contributed by atoms with Crippen molar-refractivity contribution in [2.75, 3.05) is 150 Å². The Morgan fingerprint density at radius 1 is 0.560 bits per heavy atom. The number of hydrogen-bond acceptors (Lipinski definition) is 19. The molecule has 9 N–H and O–H groups in total. The predicted molar refractivity (Wildman–Crippen MR) is 303 cm³/mol. The van der Waals surface area contributed by atoms with Gasteiger partial charge in [-0.15, -0.1) is 18.2 Å². The minimum absolute atomic E-state index is 0.0277. The summed E-state index contributed by atoms with van der Waals surface area (Å²) in [6.45, 7) is -9.04. The summed E-state index contributed by atoms with van der Waals surface area (Å²) < 4.78 is 0. The number of terminal acetylenes is 1. The van der Waals surface area contributed by atoms with Crippen LogP contribution in [0.3, 0.4) is 0 Å². The zero-order chi connectivity index (χ0) is 61.9. The number of aromatic hydroxyl groups is 2. The van der Waals surface area contributed by atoms with Gasteiger partial charge >= 0.3 is 0 Å². The fourth-order valence-electron chi connectivity index (χ4n) is 8.78. The molecule has 2 heterocycles. The smallest absolute Gasteiger partial charge is 0.243 e. The summed E-state index contributed by atoms with van der Waals surface area (Å²) in [4.78, 5) is 174. The van der Waals surface area contributed by atoms with Gasteiger partial charge in [0.15, 0.2) is 0 Å². The van der Waals surface area contributed by atoms with Crippen molar-refractivity contribution in [3.63, 3.8) is 0 Å². The van der Waals surface area contributed by atoms with Crippen LogP contribution in [0.5, 0.6) is 11.5 Å². The van der Waals surface area contributed by atoms with E-state index in [0.717, 1.165) is 55.9 Å². The molecule has 0 aromatic heterocycles. The second-order valence-electron chi connectivity index (χ2n) is 19.7.